The maximum absolute atomic E-state index is 12.6. The molecule has 5 nitrogen and oxygen atoms in total. The van der Waals surface area contributed by atoms with Crippen molar-refractivity contribution in [2.75, 3.05) is 14.2 Å². The van der Waals surface area contributed by atoms with Gasteiger partial charge in [-0.05, 0) is 41.5 Å². The monoisotopic (exact) mass is 324 g/mol. The number of ketones is 1. The van der Waals surface area contributed by atoms with Gasteiger partial charge < -0.3 is 14.6 Å². The molecule has 1 aliphatic rings. The standard InChI is InChI=1S/C19H16O5/c1-23-16-9-13-8-14(18(20)15(13)10-17(16)24-2)7-11-3-5-12(6-4-11)19(21)22/h3-7,9-10H,8H2,1-2H3,(H,21,22)/b14-7-. The maximum atomic E-state index is 12.6. The van der Waals surface area contributed by atoms with Crippen LogP contribution in [0, 0.1) is 0 Å². The molecule has 3 rings (SSSR count). The van der Waals surface area contributed by atoms with E-state index in [0.29, 0.717) is 29.1 Å². The highest BCUT2D eigenvalue weighted by Gasteiger charge is 2.27. The Balaban J connectivity index is 1.94. The smallest absolute Gasteiger partial charge is 0.335 e. The second-order valence-corrected chi connectivity index (χ2v) is 5.47. The predicted molar refractivity (Wildman–Crippen MR) is 89.0 cm³/mol. The number of carbonyl (C=O) groups excluding carboxylic acids is 1. The number of carboxylic acid groups (broad SMARTS) is 1. The normalized spacial score (nSPS) is 14.6. The molecule has 0 spiro atoms. The Kier molecular flexibility index (Phi) is 4.08. The van der Waals surface area contributed by atoms with Gasteiger partial charge >= 0.3 is 5.97 Å². The van der Waals surface area contributed by atoms with Crippen LogP contribution in [-0.4, -0.2) is 31.1 Å². The van der Waals surface area contributed by atoms with Crippen molar-refractivity contribution in [1.29, 1.82) is 0 Å². The zero-order valence-electron chi connectivity index (χ0n) is 13.3. The number of Topliss-reactive ketones (excluding diaryl/α,β-unsaturated/α-hetero) is 1. The minimum atomic E-state index is -0.974. The summed E-state index contributed by atoms with van der Waals surface area (Å²) in [5.74, 6) is 0.0961. The Hall–Kier alpha value is -3.08. The van der Waals surface area contributed by atoms with Crippen LogP contribution in [0.25, 0.3) is 6.08 Å². The molecule has 2 aromatic carbocycles. The summed E-state index contributed by atoms with van der Waals surface area (Å²) in [5, 5.41) is 8.93. The van der Waals surface area contributed by atoms with Crippen molar-refractivity contribution in [3.63, 3.8) is 0 Å². The number of hydrogen-bond donors (Lipinski definition) is 1. The number of benzene rings is 2. The van der Waals surface area contributed by atoms with Gasteiger partial charge in [-0.2, -0.15) is 0 Å². The molecule has 0 radical (unpaired) electrons. The third kappa shape index (κ3) is 2.76. The minimum Gasteiger partial charge on any atom is -0.493 e. The highest BCUT2D eigenvalue weighted by atomic mass is 16.5. The van der Waals surface area contributed by atoms with Crippen molar-refractivity contribution in [1.82, 2.24) is 0 Å². The zero-order chi connectivity index (χ0) is 17.3. The van der Waals surface area contributed by atoms with Gasteiger partial charge in [-0.25, -0.2) is 4.79 Å². The van der Waals surface area contributed by atoms with Gasteiger partial charge in [-0.15, -0.1) is 0 Å². The van der Waals surface area contributed by atoms with E-state index in [1.165, 1.54) is 19.2 Å². The molecule has 0 aliphatic heterocycles. The molecule has 2 aromatic rings. The Morgan fingerprint density at radius 1 is 1.08 bits per heavy atom. The largest absolute Gasteiger partial charge is 0.493 e. The first-order chi connectivity index (χ1) is 11.5. The summed E-state index contributed by atoms with van der Waals surface area (Å²) in [6, 6.07) is 9.94. The predicted octanol–water partition coefficient (Wildman–Crippen LogP) is 3.22. The van der Waals surface area contributed by atoms with Crippen molar-refractivity contribution >= 4 is 17.8 Å². The fourth-order valence-electron chi connectivity index (χ4n) is 2.78. The summed E-state index contributed by atoms with van der Waals surface area (Å²) >= 11 is 0. The van der Waals surface area contributed by atoms with E-state index >= 15 is 0 Å². The summed E-state index contributed by atoms with van der Waals surface area (Å²) in [6.07, 6.45) is 2.29. The van der Waals surface area contributed by atoms with Crippen LogP contribution in [0.4, 0.5) is 0 Å². The van der Waals surface area contributed by atoms with E-state index in [1.54, 1.807) is 31.4 Å². The average Bonchev–Trinajstić information content (AvgIpc) is 2.89. The number of rotatable bonds is 4. The summed E-state index contributed by atoms with van der Waals surface area (Å²) in [4.78, 5) is 23.5. The molecule has 0 saturated carbocycles. The minimum absolute atomic E-state index is 0.0479. The lowest BCUT2D eigenvalue weighted by Gasteiger charge is -2.08. The van der Waals surface area contributed by atoms with Crippen LogP contribution in [0.1, 0.15) is 31.8 Å². The first-order valence-corrected chi connectivity index (χ1v) is 7.37. The maximum Gasteiger partial charge on any atom is 0.335 e. The molecule has 122 valence electrons. The second-order valence-electron chi connectivity index (χ2n) is 5.47. The number of hydrogen-bond acceptors (Lipinski definition) is 4. The van der Waals surface area contributed by atoms with Crippen molar-refractivity contribution in [3.05, 3.63) is 64.2 Å². The lowest BCUT2D eigenvalue weighted by Crippen LogP contribution is -1.98. The molecule has 1 N–H and O–H groups in total. The lowest BCUT2D eigenvalue weighted by molar-refractivity contribution is 0.0696. The van der Waals surface area contributed by atoms with Crippen molar-refractivity contribution < 1.29 is 24.2 Å². The molecule has 0 unspecified atom stereocenters. The molecular formula is C19H16O5. The van der Waals surface area contributed by atoms with Gasteiger partial charge in [0.05, 0.1) is 19.8 Å². The van der Waals surface area contributed by atoms with E-state index in [9.17, 15) is 9.59 Å². The Bertz CT molecular complexity index is 847. The highest BCUT2D eigenvalue weighted by molar-refractivity contribution is 6.16. The van der Waals surface area contributed by atoms with E-state index in [1.807, 2.05) is 6.07 Å². The van der Waals surface area contributed by atoms with Crippen LogP contribution in [0.5, 0.6) is 11.5 Å². The lowest BCUT2D eigenvalue weighted by atomic mass is 10.1. The number of ether oxygens (including phenoxy) is 2. The van der Waals surface area contributed by atoms with E-state index in [4.69, 9.17) is 14.6 Å². The van der Waals surface area contributed by atoms with Crippen molar-refractivity contribution in [2.45, 2.75) is 6.42 Å². The van der Waals surface area contributed by atoms with Gasteiger partial charge in [0.15, 0.2) is 17.3 Å². The van der Waals surface area contributed by atoms with Gasteiger partial charge in [0.1, 0.15) is 0 Å². The fraction of sp³-hybridized carbons (Fsp3) is 0.158. The van der Waals surface area contributed by atoms with Gasteiger partial charge in [-0.1, -0.05) is 12.1 Å². The number of methoxy groups -OCH3 is 2. The van der Waals surface area contributed by atoms with Gasteiger partial charge in [0.25, 0.3) is 0 Å². The number of carbonyl (C=O) groups is 2. The molecule has 1 aliphatic carbocycles. The number of fused-ring (bicyclic) bond motifs is 1. The van der Waals surface area contributed by atoms with Crippen LogP contribution in [0.3, 0.4) is 0 Å². The quantitative estimate of drug-likeness (QED) is 0.874. The number of aromatic carboxylic acids is 1. The third-order valence-electron chi connectivity index (χ3n) is 4.03. The SMILES string of the molecule is COc1cc2c(cc1OC)C(=O)/C(=C\c1ccc(C(=O)O)cc1)C2. The second kappa shape index (κ2) is 6.20. The number of allylic oxidation sites excluding steroid dienone is 1. The number of carboxylic acids is 1. The topological polar surface area (TPSA) is 72.8 Å². The van der Waals surface area contributed by atoms with Crippen molar-refractivity contribution in [2.24, 2.45) is 0 Å². The van der Waals surface area contributed by atoms with Gasteiger partial charge in [-0.3, -0.25) is 4.79 Å². The Morgan fingerprint density at radius 3 is 2.29 bits per heavy atom. The molecule has 0 heterocycles. The Morgan fingerprint density at radius 2 is 1.71 bits per heavy atom. The fourth-order valence-corrected chi connectivity index (χ4v) is 2.78. The van der Waals surface area contributed by atoms with Crippen LogP contribution in [-0.2, 0) is 6.42 Å². The van der Waals surface area contributed by atoms with E-state index < -0.39 is 5.97 Å². The molecule has 0 bridgehead atoms. The summed E-state index contributed by atoms with van der Waals surface area (Å²) in [6.45, 7) is 0. The Labute approximate surface area is 139 Å². The first kappa shape index (κ1) is 15.8. The summed E-state index contributed by atoms with van der Waals surface area (Å²) in [7, 11) is 3.09. The van der Waals surface area contributed by atoms with Gasteiger partial charge in [0.2, 0.25) is 0 Å². The molecular weight excluding hydrogens is 308 g/mol. The third-order valence-corrected chi connectivity index (χ3v) is 4.03. The molecule has 0 aromatic heterocycles. The molecule has 0 fully saturated rings. The zero-order valence-corrected chi connectivity index (χ0v) is 13.3. The van der Waals surface area contributed by atoms with Crippen LogP contribution in [0.2, 0.25) is 0 Å². The van der Waals surface area contributed by atoms with Gasteiger partial charge in [0, 0.05) is 17.6 Å². The molecule has 0 amide bonds. The average molecular weight is 324 g/mol. The van der Waals surface area contributed by atoms with Crippen LogP contribution < -0.4 is 9.47 Å². The summed E-state index contributed by atoms with van der Waals surface area (Å²) in [5.41, 5.74) is 3.17. The molecule has 24 heavy (non-hydrogen) atoms. The van der Waals surface area contributed by atoms with Crippen molar-refractivity contribution in [3.8, 4) is 11.5 Å². The molecule has 0 atom stereocenters. The van der Waals surface area contributed by atoms with Crippen LogP contribution >= 0.6 is 0 Å². The van der Waals surface area contributed by atoms with Crippen LogP contribution in [0.15, 0.2) is 42.0 Å². The molecule has 5 heteroatoms. The molecule has 0 saturated heterocycles. The highest BCUT2D eigenvalue weighted by Crippen LogP contribution is 2.37. The first-order valence-electron chi connectivity index (χ1n) is 7.37. The van der Waals surface area contributed by atoms with E-state index in [0.717, 1.165) is 11.1 Å². The summed E-state index contributed by atoms with van der Waals surface area (Å²) < 4.78 is 10.5. The van der Waals surface area contributed by atoms with E-state index in [2.05, 4.69) is 0 Å². The van der Waals surface area contributed by atoms with E-state index in [-0.39, 0.29) is 11.3 Å².